The summed E-state index contributed by atoms with van der Waals surface area (Å²) in [6.45, 7) is 19.5. The maximum atomic E-state index is 6.50. The van der Waals surface area contributed by atoms with Gasteiger partial charge in [0.2, 0.25) is 0 Å². The van der Waals surface area contributed by atoms with Crippen LogP contribution in [0.5, 0.6) is 0 Å². The molecule has 0 spiro atoms. The number of para-hydroxylation sites is 3. The quantitative estimate of drug-likeness (QED) is 0.166. The van der Waals surface area contributed by atoms with Crippen LogP contribution < -0.4 is 4.90 Å². The van der Waals surface area contributed by atoms with Gasteiger partial charge in [0, 0.05) is 55.1 Å². The highest BCUT2D eigenvalue weighted by Crippen LogP contribution is 2.64. The highest BCUT2D eigenvalue weighted by Gasteiger charge is 2.57. The Balaban J connectivity index is 0.968. The van der Waals surface area contributed by atoms with Gasteiger partial charge in [0.25, 0.3) is 0 Å². The SMILES string of the molecule is CC1(C)c2ccccc2-c2c(N(c3ccc(-c4ccc5c(c4)c4c6c(ccc4n5-c4ccccc4)C(C)(C)C(C)(C)C6(C)C)cc3)c3ccc(-c4cccc5c4oc4ccccc45)cc3)cccc21. The zero-order chi connectivity index (χ0) is 47.2. The Morgan fingerprint density at radius 2 is 1.04 bits per heavy atom. The first-order valence-corrected chi connectivity index (χ1v) is 24.6. The Morgan fingerprint density at radius 3 is 1.81 bits per heavy atom. The van der Waals surface area contributed by atoms with Crippen molar-refractivity contribution in [2.45, 2.75) is 71.6 Å². The lowest BCUT2D eigenvalue weighted by molar-refractivity contribution is 0.125. The van der Waals surface area contributed by atoms with Crippen LogP contribution in [0.25, 0.3) is 82.8 Å². The molecule has 3 nitrogen and oxygen atoms in total. The van der Waals surface area contributed by atoms with E-state index in [4.69, 9.17) is 4.42 Å². The van der Waals surface area contributed by atoms with Crippen LogP contribution >= 0.6 is 0 Å². The monoisotopic (exact) mass is 892 g/mol. The Morgan fingerprint density at radius 1 is 0.435 bits per heavy atom. The maximum absolute atomic E-state index is 6.50. The van der Waals surface area contributed by atoms with E-state index in [1.165, 1.54) is 77.7 Å². The third-order valence-electron chi connectivity index (χ3n) is 17.5. The van der Waals surface area contributed by atoms with Gasteiger partial charge < -0.3 is 13.9 Å². The lowest BCUT2D eigenvalue weighted by atomic mass is 9.59. The third-order valence-corrected chi connectivity index (χ3v) is 17.5. The standard InChI is InChI=1S/C66H56N2O/c1-63(2)52-24-14-12-21-50(52)59-53(63)25-17-26-56(59)67(46-35-30-42(31-36-46)47-22-16-23-49-48-20-13-15-27-58(48)69-62(47)49)45-33-28-41(29-34-45)43-32-38-55-51(40-43)60-57(68(55)44-18-10-9-11-19-44)39-37-54-61(60)65(5,6)66(7,8)64(54,3)4/h9-40H,1-8H3. The van der Waals surface area contributed by atoms with Crippen LogP contribution in [0.1, 0.15) is 77.6 Å². The molecule has 0 saturated carbocycles. The van der Waals surface area contributed by atoms with Gasteiger partial charge in [0.1, 0.15) is 11.2 Å². The van der Waals surface area contributed by atoms with Crippen LogP contribution in [0.2, 0.25) is 0 Å². The zero-order valence-corrected chi connectivity index (χ0v) is 40.8. The largest absolute Gasteiger partial charge is 0.455 e. The summed E-state index contributed by atoms with van der Waals surface area (Å²) in [5.41, 5.74) is 21.6. The second-order valence-electron chi connectivity index (χ2n) is 21.7. The smallest absolute Gasteiger partial charge is 0.143 e. The maximum Gasteiger partial charge on any atom is 0.143 e. The fourth-order valence-electron chi connectivity index (χ4n) is 12.7. The van der Waals surface area contributed by atoms with Gasteiger partial charge in [-0.25, -0.2) is 0 Å². The molecule has 0 N–H and O–H groups in total. The molecule has 11 aromatic rings. The van der Waals surface area contributed by atoms with Gasteiger partial charge in [0.05, 0.1) is 16.7 Å². The van der Waals surface area contributed by atoms with Gasteiger partial charge in [-0.1, -0.05) is 183 Å². The fraction of sp³-hybridized carbons (Fsp3) is 0.182. The normalized spacial score (nSPS) is 16.0. The average Bonchev–Trinajstić information content (AvgIpc) is 4.02. The summed E-state index contributed by atoms with van der Waals surface area (Å²) in [5.74, 6) is 0. The first kappa shape index (κ1) is 41.6. The van der Waals surface area contributed by atoms with Crippen molar-refractivity contribution in [2.75, 3.05) is 4.90 Å². The minimum Gasteiger partial charge on any atom is -0.455 e. The van der Waals surface area contributed by atoms with E-state index < -0.39 is 0 Å². The lowest BCUT2D eigenvalue weighted by Gasteiger charge is -2.44. The van der Waals surface area contributed by atoms with E-state index >= 15 is 0 Å². The predicted molar refractivity (Wildman–Crippen MR) is 291 cm³/mol. The number of hydrogen-bond acceptors (Lipinski definition) is 2. The Bertz CT molecular complexity index is 3880. The number of benzene rings is 9. The van der Waals surface area contributed by atoms with E-state index in [-0.39, 0.29) is 21.7 Å². The number of anilines is 3. The molecular formula is C66H56N2O. The van der Waals surface area contributed by atoms with Gasteiger partial charge in [-0.05, 0) is 127 Å². The molecule has 2 aliphatic carbocycles. The van der Waals surface area contributed by atoms with Crippen LogP contribution in [0, 0.1) is 5.41 Å². The molecular weight excluding hydrogens is 837 g/mol. The minimum atomic E-state index is -0.129. The molecule has 0 saturated heterocycles. The zero-order valence-electron chi connectivity index (χ0n) is 40.8. The summed E-state index contributed by atoms with van der Waals surface area (Å²) >= 11 is 0. The number of aromatic nitrogens is 1. The van der Waals surface area contributed by atoms with Crippen LogP contribution in [-0.4, -0.2) is 4.57 Å². The van der Waals surface area contributed by atoms with E-state index in [0.717, 1.165) is 44.4 Å². The van der Waals surface area contributed by atoms with Gasteiger partial charge in [-0.15, -0.1) is 0 Å². The fourth-order valence-corrected chi connectivity index (χ4v) is 12.7. The van der Waals surface area contributed by atoms with Crippen molar-refractivity contribution in [2.24, 2.45) is 5.41 Å². The van der Waals surface area contributed by atoms with Gasteiger partial charge >= 0.3 is 0 Å². The van der Waals surface area contributed by atoms with Crippen molar-refractivity contribution in [3.05, 3.63) is 216 Å². The van der Waals surface area contributed by atoms with Gasteiger partial charge in [0.15, 0.2) is 0 Å². The first-order chi connectivity index (χ1) is 33.3. The van der Waals surface area contributed by atoms with Crippen molar-refractivity contribution in [3.63, 3.8) is 0 Å². The Hall–Kier alpha value is -7.62. The molecule has 0 radical (unpaired) electrons. The molecule has 0 atom stereocenters. The summed E-state index contributed by atoms with van der Waals surface area (Å²) in [7, 11) is 0. The van der Waals surface area contributed by atoms with Crippen molar-refractivity contribution in [1.29, 1.82) is 0 Å². The van der Waals surface area contributed by atoms with Crippen molar-refractivity contribution < 1.29 is 4.42 Å². The molecule has 0 bridgehead atoms. The average molecular weight is 893 g/mol. The molecule has 0 amide bonds. The van der Waals surface area contributed by atoms with Crippen LogP contribution in [0.15, 0.2) is 199 Å². The van der Waals surface area contributed by atoms with E-state index in [0.29, 0.717) is 0 Å². The van der Waals surface area contributed by atoms with Crippen LogP contribution in [0.3, 0.4) is 0 Å². The molecule has 2 aromatic heterocycles. The van der Waals surface area contributed by atoms with E-state index in [2.05, 4.69) is 253 Å². The molecule has 2 heterocycles. The topological polar surface area (TPSA) is 21.3 Å². The number of rotatable bonds is 6. The van der Waals surface area contributed by atoms with E-state index in [9.17, 15) is 0 Å². The first-order valence-electron chi connectivity index (χ1n) is 24.6. The summed E-state index contributed by atoms with van der Waals surface area (Å²) in [6.07, 6.45) is 0. The molecule has 336 valence electrons. The molecule has 3 heteroatoms. The second-order valence-corrected chi connectivity index (χ2v) is 21.7. The van der Waals surface area contributed by atoms with Crippen molar-refractivity contribution >= 4 is 60.8 Å². The summed E-state index contributed by atoms with van der Waals surface area (Å²) in [6, 6.07) is 71.7. The summed E-state index contributed by atoms with van der Waals surface area (Å²) in [5, 5.41) is 4.95. The molecule has 0 aliphatic heterocycles. The van der Waals surface area contributed by atoms with Gasteiger partial charge in [-0.2, -0.15) is 0 Å². The molecule has 2 aliphatic rings. The predicted octanol–water partition coefficient (Wildman–Crippen LogP) is 18.4. The van der Waals surface area contributed by atoms with Crippen LogP contribution in [0.4, 0.5) is 17.1 Å². The van der Waals surface area contributed by atoms with Gasteiger partial charge in [-0.3, -0.25) is 0 Å². The van der Waals surface area contributed by atoms with Crippen molar-refractivity contribution in [3.8, 4) is 39.1 Å². The Kier molecular flexibility index (Phi) is 8.70. The van der Waals surface area contributed by atoms with Crippen LogP contribution in [-0.2, 0) is 16.2 Å². The Labute approximate surface area is 405 Å². The number of fused-ring (bicyclic) bond motifs is 11. The number of hydrogen-bond donors (Lipinski definition) is 0. The second kappa shape index (κ2) is 14.5. The highest BCUT2D eigenvalue weighted by molar-refractivity contribution is 6.13. The number of furan rings is 1. The summed E-state index contributed by atoms with van der Waals surface area (Å²) in [4.78, 5) is 2.46. The molecule has 69 heavy (non-hydrogen) atoms. The van der Waals surface area contributed by atoms with E-state index in [1.54, 1.807) is 0 Å². The molecule has 13 rings (SSSR count). The minimum absolute atomic E-state index is 0.000112. The number of nitrogens with zero attached hydrogens (tertiary/aromatic N) is 2. The summed E-state index contributed by atoms with van der Waals surface area (Å²) < 4.78 is 8.98. The van der Waals surface area contributed by atoms with E-state index in [1.807, 2.05) is 6.07 Å². The molecule has 0 unspecified atom stereocenters. The highest BCUT2D eigenvalue weighted by atomic mass is 16.3. The molecule has 9 aromatic carbocycles. The molecule has 0 fully saturated rings. The third kappa shape index (κ3) is 5.68. The van der Waals surface area contributed by atoms with Crippen molar-refractivity contribution in [1.82, 2.24) is 4.57 Å². The lowest BCUT2D eigenvalue weighted by Crippen LogP contribution is -2.42.